The summed E-state index contributed by atoms with van der Waals surface area (Å²) < 4.78 is 0. The van der Waals surface area contributed by atoms with Crippen LogP contribution in [0, 0.1) is 5.92 Å². The summed E-state index contributed by atoms with van der Waals surface area (Å²) in [5.74, 6) is -1.78. The maximum atomic E-state index is 12.5. The third-order valence-electron chi connectivity index (χ3n) is 4.41. The Bertz CT molecular complexity index is 684. The van der Waals surface area contributed by atoms with Gasteiger partial charge in [0, 0.05) is 35.8 Å². The second-order valence-electron chi connectivity index (χ2n) is 6.58. The lowest BCUT2D eigenvalue weighted by Crippen LogP contribution is -2.36. The molecule has 1 aliphatic heterocycles. The van der Waals surface area contributed by atoms with E-state index in [2.05, 4.69) is 11.9 Å². The Kier molecular flexibility index (Phi) is 10.3. The van der Waals surface area contributed by atoms with Crippen LogP contribution < -0.4 is 4.90 Å². The van der Waals surface area contributed by atoms with Crippen LogP contribution in [0.25, 0.3) is 0 Å². The maximum Gasteiger partial charge on any atom is 0.328 e. The molecule has 1 aliphatic rings. The predicted molar refractivity (Wildman–Crippen MR) is 109 cm³/mol. The van der Waals surface area contributed by atoms with E-state index < -0.39 is 11.9 Å². The van der Waals surface area contributed by atoms with E-state index in [9.17, 15) is 14.4 Å². The zero-order valence-corrected chi connectivity index (χ0v) is 16.9. The molecule has 7 nitrogen and oxygen atoms in total. The number of likely N-dealkylation sites (tertiary alicyclic amines) is 1. The van der Waals surface area contributed by atoms with E-state index in [0.717, 1.165) is 31.6 Å². The number of carbonyl (C=O) groups excluding carboxylic acids is 1. The van der Waals surface area contributed by atoms with Crippen molar-refractivity contribution in [3.63, 3.8) is 0 Å². The van der Waals surface area contributed by atoms with E-state index in [-0.39, 0.29) is 5.91 Å². The molecule has 8 heteroatoms. The first-order valence-corrected chi connectivity index (χ1v) is 9.49. The van der Waals surface area contributed by atoms with Gasteiger partial charge >= 0.3 is 11.9 Å². The molecular weight excluding hydrogens is 384 g/mol. The number of nitrogens with zero attached hydrogens (tertiary/aromatic N) is 2. The van der Waals surface area contributed by atoms with Crippen molar-refractivity contribution in [1.29, 1.82) is 0 Å². The Hall–Kier alpha value is -2.38. The van der Waals surface area contributed by atoms with Crippen molar-refractivity contribution in [2.24, 2.45) is 5.92 Å². The van der Waals surface area contributed by atoms with Gasteiger partial charge in [0.25, 0.3) is 0 Å². The van der Waals surface area contributed by atoms with Crippen molar-refractivity contribution in [1.82, 2.24) is 4.90 Å². The molecule has 154 valence electrons. The molecule has 1 heterocycles. The molecule has 2 rings (SSSR count). The third-order valence-corrected chi connectivity index (χ3v) is 4.64. The van der Waals surface area contributed by atoms with Crippen molar-refractivity contribution in [2.75, 3.05) is 31.6 Å². The fraction of sp³-hybridized carbons (Fsp3) is 0.450. The summed E-state index contributed by atoms with van der Waals surface area (Å²) in [5, 5.41) is 16.3. The molecule has 2 N–H and O–H groups in total. The highest BCUT2D eigenvalue weighted by molar-refractivity contribution is 6.30. The van der Waals surface area contributed by atoms with Crippen LogP contribution in [-0.2, 0) is 14.4 Å². The number of benzene rings is 1. The molecule has 28 heavy (non-hydrogen) atoms. The Labute approximate surface area is 170 Å². The average Bonchev–Trinajstić information content (AvgIpc) is 2.63. The summed E-state index contributed by atoms with van der Waals surface area (Å²) in [5.41, 5.74) is 0.901. The second kappa shape index (κ2) is 12.2. The Morgan fingerprint density at radius 1 is 1.18 bits per heavy atom. The Balaban J connectivity index is 0.000000416. The summed E-state index contributed by atoms with van der Waals surface area (Å²) in [7, 11) is 2.14. The fourth-order valence-corrected chi connectivity index (χ4v) is 3.10. The van der Waals surface area contributed by atoms with Gasteiger partial charge in [0.2, 0.25) is 5.91 Å². The molecule has 1 aromatic carbocycles. The SMILES string of the molecule is CCN(C(=O)CC1CCN(C)CC1)c1cccc(Cl)c1.O=C(O)/C=C/C(=O)O. The third kappa shape index (κ3) is 9.01. The maximum absolute atomic E-state index is 12.5. The van der Waals surface area contributed by atoms with E-state index >= 15 is 0 Å². The fourth-order valence-electron chi connectivity index (χ4n) is 2.91. The molecule has 0 aliphatic carbocycles. The van der Waals surface area contributed by atoms with Crippen molar-refractivity contribution >= 4 is 35.1 Å². The predicted octanol–water partition coefficient (Wildman–Crippen LogP) is 3.14. The number of hydrogen-bond donors (Lipinski definition) is 2. The molecular formula is C20H27ClN2O5. The second-order valence-corrected chi connectivity index (χ2v) is 7.01. The van der Waals surface area contributed by atoms with Gasteiger partial charge < -0.3 is 20.0 Å². The van der Waals surface area contributed by atoms with E-state index in [1.165, 1.54) is 0 Å². The molecule has 0 saturated carbocycles. The lowest BCUT2D eigenvalue weighted by atomic mass is 9.93. The number of aliphatic carboxylic acids is 2. The molecule has 1 aromatic rings. The molecule has 1 amide bonds. The van der Waals surface area contributed by atoms with Gasteiger partial charge in [-0.15, -0.1) is 0 Å². The van der Waals surface area contributed by atoms with Gasteiger partial charge in [-0.25, -0.2) is 9.59 Å². The number of hydrogen-bond acceptors (Lipinski definition) is 4. The molecule has 0 spiro atoms. The molecule has 0 unspecified atom stereocenters. The van der Waals surface area contributed by atoms with Crippen molar-refractivity contribution in [3.8, 4) is 0 Å². The van der Waals surface area contributed by atoms with Gasteiger partial charge in [0.05, 0.1) is 0 Å². The van der Waals surface area contributed by atoms with Gasteiger partial charge in [-0.3, -0.25) is 4.79 Å². The van der Waals surface area contributed by atoms with E-state index in [1.807, 2.05) is 36.1 Å². The monoisotopic (exact) mass is 410 g/mol. The number of rotatable bonds is 6. The minimum atomic E-state index is -1.26. The minimum absolute atomic E-state index is 0.212. The van der Waals surface area contributed by atoms with Crippen LogP contribution in [0.5, 0.6) is 0 Å². The van der Waals surface area contributed by atoms with Gasteiger partial charge in [-0.2, -0.15) is 0 Å². The first kappa shape index (κ1) is 23.7. The van der Waals surface area contributed by atoms with Crippen LogP contribution >= 0.6 is 11.6 Å². The molecule has 0 aromatic heterocycles. The van der Waals surface area contributed by atoms with Gasteiger partial charge in [-0.05, 0) is 64.0 Å². The van der Waals surface area contributed by atoms with E-state index in [4.69, 9.17) is 21.8 Å². The zero-order chi connectivity index (χ0) is 21.1. The van der Waals surface area contributed by atoms with Gasteiger partial charge in [0.15, 0.2) is 0 Å². The summed E-state index contributed by atoms with van der Waals surface area (Å²) in [6.07, 6.45) is 4.00. The van der Waals surface area contributed by atoms with Crippen LogP contribution in [0.4, 0.5) is 5.69 Å². The highest BCUT2D eigenvalue weighted by Crippen LogP contribution is 2.24. The van der Waals surface area contributed by atoms with Crippen LogP contribution in [0.3, 0.4) is 0 Å². The summed E-state index contributed by atoms with van der Waals surface area (Å²) in [6.45, 7) is 4.89. The van der Waals surface area contributed by atoms with Gasteiger partial charge in [-0.1, -0.05) is 17.7 Å². The van der Waals surface area contributed by atoms with Crippen LogP contribution in [0.15, 0.2) is 36.4 Å². The number of amides is 1. The Morgan fingerprint density at radius 2 is 1.75 bits per heavy atom. The number of anilines is 1. The molecule has 1 fully saturated rings. The number of carbonyl (C=O) groups is 3. The molecule has 0 bridgehead atoms. The first-order chi connectivity index (χ1) is 13.2. The quantitative estimate of drug-likeness (QED) is 0.699. The standard InChI is InChI=1S/C16H23ClN2O.C4H4O4/c1-3-19(15-6-4-5-14(17)12-15)16(20)11-13-7-9-18(2)10-8-13;5-3(6)1-2-4(7)8/h4-6,12-13H,3,7-11H2,1-2H3;1-2H,(H,5,6)(H,7,8)/b;2-1+. The smallest absolute Gasteiger partial charge is 0.328 e. The van der Waals surface area contributed by atoms with Gasteiger partial charge in [0.1, 0.15) is 0 Å². The summed E-state index contributed by atoms with van der Waals surface area (Å²) in [6, 6.07) is 7.53. The first-order valence-electron chi connectivity index (χ1n) is 9.11. The number of carboxylic acid groups (broad SMARTS) is 2. The minimum Gasteiger partial charge on any atom is -0.478 e. The topological polar surface area (TPSA) is 98.2 Å². The summed E-state index contributed by atoms with van der Waals surface area (Å²) >= 11 is 6.02. The Morgan fingerprint density at radius 3 is 2.21 bits per heavy atom. The van der Waals surface area contributed by atoms with Crippen LogP contribution in [0.1, 0.15) is 26.2 Å². The van der Waals surface area contributed by atoms with E-state index in [1.54, 1.807) is 0 Å². The summed E-state index contributed by atoms with van der Waals surface area (Å²) in [4.78, 5) is 35.8. The number of piperidine rings is 1. The zero-order valence-electron chi connectivity index (χ0n) is 16.2. The van der Waals surface area contributed by atoms with Crippen molar-refractivity contribution in [3.05, 3.63) is 41.4 Å². The lowest BCUT2D eigenvalue weighted by molar-refractivity contribution is -0.134. The van der Waals surface area contributed by atoms with Crippen molar-refractivity contribution < 1.29 is 24.6 Å². The van der Waals surface area contributed by atoms with Crippen molar-refractivity contribution in [2.45, 2.75) is 26.2 Å². The van der Waals surface area contributed by atoms with Crippen LogP contribution in [0.2, 0.25) is 5.02 Å². The lowest BCUT2D eigenvalue weighted by Gasteiger charge is -2.30. The average molecular weight is 411 g/mol. The normalized spacial score (nSPS) is 15.0. The highest BCUT2D eigenvalue weighted by atomic mass is 35.5. The largest absolute Gasteiger partial charge is 0.478 e. The molecule has 0 radical (unpaired) electrons. The highest BCUT2D eigenvalue weighted by Gasteiger charge is 2.22. The molecule has 1 saturated heterocycles. The van der Waals surface area contributed by atoms with E-state index in [0.29, 0.717) is 36.1 Å². The number of halogens is 1. The van der Waals surface area contributed by atoms with Crippen LogP contribution in [-0.4, -0.2) is 59.6 Å². The number of carboxylic acids is 2. The molecule has 0 atom stereocenters.